The van der Waals surface area contributed by atoms with E-state index in [1.165, 1.54) is 25.1 Å². The topological polar surface area (TPSA) is 49.4 Å². The van der Waals surface area contributed by atoms with Gasteiger partial charge < -0.3 is 10.2 Å². The summed E-state index contributed by atoms with van der Waals surface area (Å²) in [5, 5.41) is 2.85. The van der Waals surface area contributed by atoms with Crippen LogP contribution in [0.25, 0.3) is 0 Å². The second kappa shape index (κ2) is 5.82. The number of piperidine rings is 1. The number of hydrogen-bond donors (Lipinski definition) is 1. The number of hydrogen-bond acceptors (Lipinski definition) is 2. The van der Waals surface area contributed by atoms with E-state index >= 15 is 0 Å². The Morgan fingerprint density at radius 1 is 1.32 bits per heavy atom. The predicted octanol–water partition coefficient (Wildman–Crippen LogP) is 1.57. The highest BCUT2D eigenvalue weighted by molar-refractivity contribution is 5.94. The molecule has 1 aliphatic heterocycles. The first kappa shape index (κ1) is 13.5. The number of benzene rings is 1. The Balaban J connectivity index is 1.94. The number of carbonyl (C=O) groups excluding carboxylic acids is 2. The number of amides is 2. The standard InChI is InChI=1S/C14H17FN2O2/c1-10(18)16-13-5-7-17(8-6-13)14(19)11-3-2-4-12(15)9-11/h2-4,9,13H,5-8H2,1H3,(H,16,18). The average Bonchev–Trinajstić information content (AvgIpc) is 2.38. The number of nitrogens with one attached hydrogen (secondary N) is 1. The summed E-state index contributed by atoms with van der Waals surface area (Å²) in [5.74, 6) is -0.602. The number of rotatable bonds is 2. The Hall–Kier alpha value is -1.91. The lowest BCUT2D eigenvalue weighted by molar-refractivity contribution is -0.119. The Morgan fingerprint density at radius 3 is 2.58 bits per heavy atom. The molecule has 0 saturated carbocycles. The highest BCUT2D eigenvalue weighted by Gasteiger charge is 2.24. The molecule has 0 atom stereocenters. The number of halogens is 1. The zero-order valence-electron chi connectivity index (χ0n) is 10.9. The highest BCUT2D eigenvalue weighted by Crippen LogP contribution is 2.14. The molecule has 4 nitrogen and oxygen atoms in total. The first-order chi connectivity index (χ1) is 9.06. The van der Waals surface area contributed by atoms with E-state index in [1.807, 2.05) is 0 Å². The fraction of sp³-hybridized carbons (Fsp3) is 0.429. The van der Waals surface area contributed by atoms with Gasteiger partial charge in [-0.2, -0.15) is 0 Å². The molecule has 2 rings (SSSR count). The molecule has 1 N–H and O–H groups in total. The van der Waals surface area contributed by atoms with Gasteiger partial charge in [0.15, 0.2) is 0 Å². The normalized spacial score (nSPS) is 16.2. The lowest BCUT2D eigenvalue weighted by atomic mass is 10.0. The van der Waals surface area contributed by atoms with Crippen LogP contribution in [-0.4, -0.2) is 35.8 Å². The molecule has 1 aromatic rings. The van der Waals surface area contributed by atoms with Gasteiger partial charge in [-0.1, -0.05) is 6.07 Å². The van der Waals surface area contributed by atoms with Crippen LogP contribution in [0.1, 0.15) is 30.1 Å². The van der Waals surface area contributed by atoms with Crippen molar-refractivity contribution in [1.29, 1.82) is 0 Å². The fourth-order valence-corrected chi connectivity index (χ4v) is 2.32. The van der Waals surface area contributed by atoms with Gasteiger partial charge in [0, 0.05) is 31.6 Å². The molecular weight excluding hydrogens is 247 g/mol. The van der Waals surface area contributed by atoms with E-state index in [1.54, 1.807) is 11.0 Å². The molecule has 1 saturated heterocycles. The summed E-state index contributed by atoms with van der Waals surface area (Å²) in [6.07, 6.45) is 1.47. The maximum absolute atomic E-state index is 13.1. The van der Waals surface area contributed by atoms with Crippen LogP contribution in [0.4, 0.5) is 4.39 Å². The van der Waals surface area contributed by atoms with Crippen molar-refractivity contribution in [3.05, 3.63) is 35.6 Å². The minimum Gasteiger partial charge on any atom is -0.353 e. The molecule has 1 fully saturated rings. The lowest BCUT2D eigenvalue weighted by Crippen LogP contribution is -2.46. The van der Waals surface area contributed by atoms with Crippen molar-refractivity contribution in [2.24, 2.45) is 0 Å². The predicted molar refractivity (Wildman–Crippen MR) is 69.1 cm³/mol. The number of likely N-dealkylation sites (tertiary alicyclic amines) is 1. The van der Waals surface area contributed by atoms with Gasteiger partial charge >= 0.3 is 0 Å². The van der Waals surface area contributed by atoms with Crippen molar-refractivity contribution in [2.45, 2.75) is 25.8 Å². The summed E-state index contributed by atoms with van der Waals surface area (Å²) in [6, 6.07) is 5.86. The third kappa shape index (κ3) is 3.53. The molecule has 5 heteroatoms. The quantitative estimate of drug-likeness (QED) is 0.881. The van der Waals surface area contributed by atoms with Crippen molar-refractivity contribution in [2.75, 3.05) is 13.1 Å². The van der Waals surface area contributed by atoms with Gasteiger partial charge in [0.05, 0.1) is 0 Å². The molecule has 2 amide bonds. The molecule has 0 spiro atoms. The summed E-state index contributed by atoms with van der Waals surface area (Å²) in [5.41, 5.74) is 0.373. The van der Waals surface area contributed by atoms with Gasteiger partial charge in [0.25, 0.3) is 5.91 Å². The molecule has 0 aromatic heterocycles. The van der Waals surface area contributed by atoms with E-state index in [9.17, 15) is 14.0 Å². The van der Waals surface area contributed by atoms with Gasteiger partial charge in [-0.05, 0) is 31.0 Å². The SMILES string of the molecule is CC(=O)NC1CCN(C(=O)c2cccc(F)c2)CC1. The van der Waals surface area contributed by atoms with E-state index in [4.69, 9.17) is 0 Å². The molecule has 0 radical (unpaired) electrons. The summed E-state index contributed by atoms with van der Waals surface area (Å²) in [4.78, 5) is 24.8. The molecule has 1 heterocycles. The lowest BCUT2D eigenvalue weighted by Gasteiger charge is -2.32. The minimum absolute atomic E-state index is 0.0464. The molecule has 0 unspecified atom stereocenters. The fourth-order valence-electron chi connectivity index (χ4n) is 2.32. The third-order valence-corrected chi connectivity index (χ3v) is 3.26. The van der Waals surface area contributed by atoms with Crippen molar-refractivity contribution in [1.82, 2.24) is 10.2 Å². The van der Waals surface area contributed by atoms with Crippen molar-refractivity contribution in [3.63, 3.8) is 0 Å². The van der Waals surface area contributed by atoms with Crippen LogP contribution in [0, 0.1) is 5.82 Å². The Kier molecular flexibility index (Phi) is 4.14. The minimum atomic E-state index is -0.404. The van der Waals surface area contributed by atoms with E-state index < -0.39 is 5.82 Å². The number of nitrogens with zero attached hydrogens (tertiary/aromatic N) is 1. The summed E-state index contributed by atoms with van der Waals surface area (Å²) >= 11 is 0. The average molecular weight is 264 g/mol. The maximum Gasteiger partial charge on any atom is 0.253 e. The zero-order valence-corrected chi connectivity index (χ0v) is 10.9. The molecule has 0 bridgehead atoms. The van der Waals surface area contributed by atoms with Crippen LogP contribution in [0.15, 0.2) is 24.3 Å². The first-order valence-electron chi connectivity index (χ1n) is 6.38. The van der Waals surface area contributed by atoms with Crippen LogP contribution in [-0.2, 0) is 4.79 Å². The van der Waals surface area contributed by atoms with Crippen molar-refractivity contribution < 1.29 is 14.0 Å². The Labute approximate surface area is 111 Å². The summed E-state index contributed by atoms with van der Waals surface area (Å²) in [6.45, 7) is 2.66. The smallest absolute Gasteiger partial charge is 0.253 e. The monoisotopic (exact) mass is 264 g/mol. The summed E-state index contributed by atoms with van der Waals surface area (Å²) < 4.78 is 13.1. The van der Waals surface area contributed by atoms with Gasteiger partial charge in [-0.15, -0.1) is 0 Å². The van der Waals surface area contributed by atoms with Crippen molar-refractivity contribution in [3.8, 4) is 0 Å². The van der Waals surface area contributed by atoms with E-state index in [0.29, 0.717) is 18.7 Å². The van der Waals surface area contributed by atoms with Gasteiger partial charge in [0.1, 0.15) is 5.82 Å². The second-order valence-corrected chi connectivity index (χ2v) is 4.78. The molecule has 19 heavy (non-hydrogen) atoms. The summed E-state index contributed by atoms with van der Waals surface area (Å²) in [7, 11) is 0. The Bertz CT molecular complexity index is 482. The molecule has 102 valence electrons. The first-order valence-corrected chi connectivity index (χ1v) is 6.38. The van der Waals surface area contributed by atoms with E-state index in [0.717, 1.165) is 12.8 Å². The van der Waals surface area contributed by atoms with Gasteiger partial charge in [0.2, 0.25) is 5.91 Å². The maximum atomic E-state index is 13.1. The van der Waals surface area contributed by atoms with Crippen LogP contribution < -0.4 is 5.32 Å². The largest absolute Gasteiger partial charge is 0.353 e. The molecule has 1 aromatic carbocycles. The third-order valence-electron chi connectivity index (χ3n) is 3.26. The van der Waals surface area contributed by atoms with Crippen LogP contribution in [0.5, 0.6) is 0 Å². The highest BCUT2D eigenvalue weighted by atomic mass is 19.1. The van der Waals surface area contributed by atoms with E-state index in [-0.39, 0.29) is 17.9 Å². The molecular formula is C14H17FN2O2. The van der Waals surface area contributed by atoms with Gasteiger partial charge in [-0.25, -0.2) is 4.39 Å². The van der Waals surface area contributed by atoms with Crippen LogP contribution in [0.2, 0.25) is 0 Å². The second-order valence-electron chi connectivity index (χ2n) is 4.78. The van der Waals surface area contributed by atoms with Crippen LogP contribution >= 0.6 is 0 Å². The van der Waals surface area contributed by atoms with Gasteiger partial charge in [-0.3, -0.25) is 9.59 Å². The zero-order chi connectivity index (χ0) is 13.8. The number of carbonyl (C=O) groups is 2. The van der Waals surface area contributed by atoms with Crippen molar-refractivity contribution >= 4 is 11.8 Å². The Morgan fingerprint density at radius 2 is 2.00 bits per heavy atom. The molecule has 0 aliphatic carbocycles. The van der Waals surface area contributed by atoms with E-state index in [2.05, 4.69) is 5.32 Å². The molecule has 1 aliphatic rings. The van der Waals surface area contributed by atoms with Crippen LogP contribution in [0.3, 0.4) is 0 Å².